The number of hydrogen-bond acceptors (Lipinski definition) is 4. The molecule has 0 aliphatic carbocycles. The topological polar surface area (TPSA) is 93.6 Å². The first-order valence-electron chi connectivity index (χ1n) is 4.88. The fourth-order valence-electron chi connectivity index (χ4n) is 1.54. The maximum absolute atomic E-state index is 8.85. The molecule has 17 heavy (non-hydrogen) atoms. The molecule has 0 radical (unpaired) electrons. The monoisotopic (exact) mass is 291 g/mol. The van der Waals surface area contributed by atoms with Gasteiger partial charge in [0.05, 0.1) is 6.54 Å². The molecule has 0 unspecified atom stereocenters. The van der Waals surface area contributed by atoms with Crippen LogP contribution in [0.4, 0.5) is 11.6 Å². The second-order valence-corrected chi connectivity index (χ2v) is 4.46. The highest BCUT2D eigenvalue weighted by Gasteiger charge is 2.12. The van der Waals surface area contributed by atoms with Gasteiger partial charge in [0.2, 0.25) is 0 Å². The average Bonchev–Trinajstić information content (AvgIpc) is 2.54. The van der Waals surface area contributed by atoms with Crippen LogP contribution in [0.3, 0.4) is 0 Å². The molecular weight excluding hydrogens is 282 g/mol. The number of benzene rings is 1. The zero-order valence-corrected chi connectivity index (χ0v) is 10.5. The van der Waals surface area contributed by atoms with E-state index in [1.54, 1.807) is 0 Å². The standard InChI is InChI=1S/C11H10BrN5/c12-8-3-1-2-7(4-8)6-17-11(15)9(5-13)10(14)16-17/h1-4H,6,15H2,(H2,14,16). The molecule has 0 spiro atoms. The van der Waals surface area contributed by atoms with E-state index >= 15 is 0 Å². The van der Waals surface area contributed by atoms with E-state index in [2.05, 4.69) is 21.0 Å². The fourth-order valence-corrected chi connectivity index (χ4v) is 1.98. The molecule has 0 amide bonds. The summed E-state index contributed by atoms with van der Waals surface area (Å²) in [5.74, 6) is 0.463. The molecule has 86 valence electrons. The van der Waals surface area contributed by atoms with Gasteiger partial charge < -0.3 is 11.5 Å². The molecule has 0 saturated carbocycles. The largest absolute Gasteiger partial charge is 0.383 e. The number of nitriles is 1. The quantitative estimate of drug-likeness (QED) is 0.881. The smallest absolute Gasteiger partial charge is 0.165 e. The number of nitrogens with zero attached hydrogens (tertiary/aromatic N) is 3. The summed E-state index contributed by atoms with van der Waals surface area (Å²) in [5, 5.41) is 12.9. The van der Waals surface area contributed by atoms with Gasteiger partial charge >= 0.3 is 0 Å². The number of nitrogen functional groups attached to an aromatic ring is 2. The molecule has 0 atom stereocenters. The predicted molar refractivity (Wildman–Crippen MR) is 69.0 cm³/mol. The Bertz CT molecular complexity index is 596. The zero-order chi connectivity index (χ0) is 12.4. The Morgan fingerprint density at radius 3 is 2.76 bits per heavy atom. The van der Waals surface area contributed by atoms with Crippen molar-refractivity contribution in [2.24, 2.45) is 0 Å². The first-order chi connectivity index (χ1) is 8.11. The molecule has 4 N–H and O–H groups in total. The number of rotatable bonds is 2. The van der Waals surface area contributed by atoms with Gasteiger partial charge in [0.25, 0.3) is 0 Å². The zero-order valence-electron chi connectivity index (χ0n) is 8.89. The van der Waals surface area contributed by atoms with Gasteiger partial charge in [-0.3, -0.25) is 0 Å². The van der Waals surface area contributed by atoms with Gasteiger partial charge in [0.1, 0.15) is 17.5 Å². The molecule has 5 nitrogen and oxygen atoms in total. The first kappa shape index (κ1) is 11.5. The summed E-state index contributed by atoms with van der Waals surface area (Å²) < 4.78 is 2.50. The van der Waals surface area contributed by atoms with E-state index in [0.29, 0.717) is 12.4 Å². The number of halogens is 1. The lowest BCUT2D eigenvalue weighted by Crippen LogP contribution is -2.06. The summed E-state index contributed by atoms with van der Waals surface area (Å²) in [6.45, 7) is 0.483. The number of anilines is 2. The number of aromatic nitrogens is 2. The molecule has 0 aliphatic heterocycles. The summed E-state index contributed by atoms with van der Waals surface area (Å²) >= 11 is 3.39. The lowest BCUT2D eigenvalue weighted by Gasteiger charge is -2.04. The van der Waals surface area contributed by atoms with Gasteiger partial charge in [-0.25, -0.2) is 4.68 Å². The van der Waals surface area contributed by atoms with Crippen LogP contribution in [0, 0.1) is 11.3 Å². The Morgan fingerprint density at radius 1 is 1.41 bits per heavy atom. The van der Waals surface area contributed by atoms with Crippen LogP contribution in [0.15, 0.2) is 28.7 Å². The van der Waals surface area contributed by atoms with Gasteiger partial charge in [-0.15, -0.1) is 0 Å². The Balaban J connectivity index is 2.34. The number of nitrogens with two attached hydrogens (primary N) is 2. The Morgan fingerprint density at radius 2 is 2.18 bits per heavy atom. The maximum atomic E-state index is 8.85. The van der Waals surface area contributed by atoms with Gasteiger partial charge in [-0.1, -0.05) is 28.1 Å². The average molecular weight is 292 g/mol. The molecule has 0 bridgehead atoms. The summed E-state index contributed by atoms with van der Waals surface area (Å²) in [5.41, 5.74) is 12.6. The third-order valence-corrected chi connectivity index (χ3v) is 2.85. The van der Waals surface area contributed by atoms with E-state index in [-0.39, 0.29) is 11.4 Å². The van der Waals surface area contributed by atoms with Crippen molar-refractivity contribution in [2.45, 2.75) is 6.54 Å². The highest BCUT2D eigenvalue weighted by molar-refractivity contribution is 9.10. The van der Waals surface area contributed by atoms with E-state index < -0.39 is 0 Å². The molecule has 0 fully saturated rings. The van der Waals surface area contributed by atoms with Crippen molar-refractivity contribution in [3.05, 3.63) is 39.9 Å². The predicted octanol–water partition coefficient (Wildman–Crippen LogP) is 1.73. The van der Waals surface area contributed by atoms with Crippen LogP contribution >= 0.6 is 15.9 Å². The lowest BCUT2D eigenvalue weighted by atomic mass is 10.2. The van der Waals surface area contributed by atoms with Crippen molar-refractivity contribution in [3.63, 3.8) is 0 Å². The van der Waals surface area contributed by atoms with Crippen molar-refractivity contribution in [3.8, 4) is 6.07 Å². The third kappa shape index (κ3) is 2.24. The molecule has 2 rings (SSSR count). The van der Waals surface area contributed by atoms with Crippen LogP contribution in [0.25, 0.3) is 0 Å². The molecular formula is C11H10BrN5. The maximum Gasteiger partial charge on any atom is 0.165 e. The van der Waals surface area contributed by atoms with Gasteiger partial charge in [-0.2, -0.15) is 10.4 Å². The molecule has 0 saturated heterocycles. The molecule has 6 heteroatoms. The van der Waals surface area contributed by atoms with Crippen molar-refractivity contribution in [1.82, 2.24) is 9.78 Å². The minimum absolute atomic E-state index is 0.167. The number of hydrogen-bond donors (Lipinski definition) is 2. The summed E-state index contributed by atoms with van der Waals surface area (Å²) in [7, 11) is 0. The highest BCUT2D eigenvalue weighted by Crippen LogP contribution is 2.19. The van der Waals surface area contributed by atoms with Gasteiger partial charge in [0.15, 0.2) is 5.82 Å². The molecule has 0 aliphatic rings. The minimum Gasteiger partial charge on any atom is -0.383 e. The fraction of sp³-hybridized carbons (Fsp3) is 0.0909. The van der Waals surface area contributed by atoms with Crippen LogP contribution in [0.1, 0.15) is 11.1 Å². The van der Waals surface area contributed by atoms with Crippen molar-refractivity contribution in [2.75, 3.05) is 11.5 Å². The van der Waals surface area contributed by atoms with Gasteiger partial charge in [0, 0.05) is 4.47 Å². The van der Waals surface area contributed by atoms with Crippen LogP contribution < -0.4 is 11.5 Å². The highest BCUT2D eigenvalue weighted by atomic mass is 79.9. The third-order valence-electron chi connectivity index (χ3n) is 2.35. The molecule has 1 heterocycles. The van der Waals surface area contributed by atoms with Crippen LogP contribution in [0.5, 0.6) is 0 Å². The normalized spacial score (nSPS) is 10.1. The Hall–Kier alpha value is -2.00. The first-order valence-corrected chi connectivity index (χ1v) is 5.67. The van der Waals surface area contributed by atoms with Crippen LogP contribution in [0.2, 0.25) is 0 Å². The lowest BCUT2D eigenvalue weighted by molar-refractivity contribution is 0.700. The van der Waals surface area contributed by atoms with Crippen molar-refractivity contribution >= 4 is 27.6 Å². The van der Waals surface area contributed by atoms with Crippen molar-refractivity contribution in [1.29, 1.82) is 5.26 Å². The van der Waals surface area contributed by atoms with E-state index in [9.17, 15) is 0 Å². The van der Waals surface area contributed by atoms with E-state index in [4.69, 9.17) is 16.7 Å². The summed E-state index contributed by atoms with van der Waals surface area (Å²) in [6.07, 6.45) is 0. The molecule has 2 aromatic rings. The molecule has 1 aromatic heterocycles. The Labute approximate surface area is 107 Å². The second-order valence-electron chi connectivity index (χ2n) is 3.54. The van der Waals surface area contributed by atoms with E-state index in [1.807, 2.05) is 30.3 Å². The summed E-state index contributed by atoms with van der Waals surface area (Å²) in [6, 6.07) is 9.71. The Kier molecular flexibility index (Phi) is 3.02. The van der Waals surface area contributed by atoms with Gasteiger partial charge in [-0.05, 0) is 17.7 Å². The van der Waals surface area contributed by atoms with E-state index in [0.717, 1.165) is 10.0 Å². The van der Waals surface area contributed by atoms with Crippen LogP contribution in [-0.2, 0) is 6.54 Å². The van der Waals surface area contributed by atoms with E-state index in [1.165, 1.54) is 4.68 Å². The molecule has 1 aromatic carbocycles. The second kappa shape index (κ2) is 4.47. The van der Waals surface area contributed by atoms with Crippen molar-refractivity contribution < 1.29 is 0 Å². The summed E-state index contributed by atoms with van der Waals surface area (Å²) in [4.78, 5) is 0. The van der Waals surface area contributed by atoms with Crippen LogP contribution in [-0.4, -0.2) is 9.78 Å². The minimum atomic E-state index is 0.167. The SMILES string of the molecule is N#Cc1c(N)nn(Cc2cccc(Br)c2)c1N.